The number of nitrogens with two attached hydrogens (primary N) is 1. The Kier molecular flexibility index (Phi) is 2.64. The fraction of sp³-hybridized carbons (Fsp3) is 0.214. The van der Waals surface area contributed by atoms with Crippen molar-refractivity contribution in [2.24, 2.45) is 12.8 Å². The maximum absolute atomic E-state index is 6.15. The number of furan rings is 1. The van der Waals surface area contributed by atoms with Crippen LogP contribution in [-0.2, 0) is 13.5 Å². The number of nitrogens with zero attached hydrogens (tertiary/aromatic N) is 2. The second-order valence-corrected chi connectivity index (χ2v) is 4.44. The lowest BCUT2D eigenvalue weighted by atomic mass is 10.1. The van der Waals surface area contributed by atoms with Crippen LogP contribution >= 0.6 is 0 Å². The summed E-state index contributed by atoms with van der Waals surface area (Å²) in [5, 5.41) is 0. The molecule has 3 rings (SSSR count). The predicted molar refractivity (Wildman–Crippen MR) is 70.1 cm³/mol. The minimum Gasteiger partial charge on any atom is -0.472 e. The van der Waals surface area contributed by atoms with Gasteiger partial charge in [-0.15, -0.1) is 0 Å². The van der Waals surface area contributed by atoms with Crippen LogP contribution in [0.15, 0.2) is 47.3 Å². The molecule has 0 saturated heterocycles. The highest BCUT2D eigenvalue weighted by Gasteiger charge is 2.13. The van der Waals surface area contributed by atoms with Crippen molar-refractivity contribution in [1.82, 2.24) is 9.55 Å². The van der Waals surface area contributed by atoms with Crippen LogP contribution in [0.25, 0.3) is 11.0 Å². The number of hydrogen-bond acceptors (Lipinski definition) is 3. The molecule has 0 saturated carbocycles. The van der Waals surface area contributed by atoms with Gasteiger partial charge in [-0.3, -0.25) is 0 Å². The molecule has 0 aliphatic carbocycles. The molecule has 92 valence electrons. The number of fused-ring (bicyclic) bond motifs is 1. The molecule has 0 aliphatic heterocycles. The Labute approximate surface area is 105 Å². The van der Waals surface area contributed by atoms with E-state index in [2.05, 4.69) is 15.6 Å². The second-order valence-electron chi connectivity index (χ2n) is 4.44. The lowest BCUT2D eigenvalue weighted by Crippen LogP contribution is -2.15. The summed E-state index contributed by atoms with van der Waals surface area (Å²) in [5.74, 6) is 0.991. The molecular weight excluding hydrogens is 226 g/mol. The van der Waals surface area contributed by atoms with Crippen molar-refractivity contribution in [1.29, 1.82) is 0 Å². The van der Waals surface area contributed by atoms with Crippen LogP contribution in [0.5, 0.6) is 0 Å². The smallest absolute Gasteiger partial charge is 0.111 e. The summed E-state index contributed by atoms with van der Waals surface area (Å²) in [6, 6.07) is 9.91. The summed E-state index contributed by atoms with van der Waals surface area (Å²) < 4.78 is 7.15. The van der Waals surface area contributed by atoms with Crippen molar-refractivity contribution in [2.45, 2.75) is 12.5 Å². The highest BCUT2D eigenvalue weighted by molar-refractivity contribution is 5.75. The van der Waals surface area contributed by atoms with Crippen LogP contribution in [0, 0.1) is 0 Å². The Bertz CT molecular complexity index is 655. The first kappa shape index (κ1) is 11.0. The molecule has 0 amide bonds. The Morgan fingerprint density at radius 2 is 2.17 bits per heavy atom. The van der Waals surface area contributed by atoms with Gasteiger partial charge in [0, 0.05) is 25.1 Å². The highest BCUT2D eigenvalue weighted by atomic mass is 16.3. The summed E-state index contributed by atoms with van der Waals surface area (Å²) in [6.07, 6.45) is 4.03. The van der Waals surface area contributed by atoms with Crippen molar-refractivity contribution in [2.75, 3.05) is 0 Å². The van der Waals surface area contributed by atoms with Crippen LogP contribution in [0.3, 0.4) is 0 Å². The normalized spacial score (nSPS) is 13.0. The first-order chi connectivity index (χ1) is 8.75. The topological polar surface area (TPSA) is 57.0 Å². The van der Waals surface area contributed by atoms with E-state index in [-0.39, 0.29) is 6.04 Å². The van der Waals surface area contributed by atoms with Gasteiger partial charge in [0.2, 0.25) is 0 Å². The largest absolute Gasteiger partial charge is 0.472 e. The Morgan fingerprint density at radius 3 is 2.89 bits per heavy atom. The molecule has 18 heavy (non-hydrogen) atoms. The third-order valence-electron chi connectivity index (χ3n) is 3.25. The van der Waals surface area contributed by atoms with E-state index >= 15 is 0 Å². The molecule has 0 spiro atoms. The van der Waals surface area contributed by atoms with Gasteiger partial charge in [-0.05, 0) is 18.2 Å². The average Bonchev–Trinajstić information content (AvgIpc) is 3.00. The second kappa shape index (κ2) is 4.31. The van der Waals surface area contributed by atoms with Crippen molar-refractivity contribution >= 4 is 11.0 Å². The van der Waals surface area contributed by atoms with Crippen molar-refractivity contribution in [3.63, 3.8) is 0 Å². The van der Waals surface area contributed by atoms with Gasteiger partial charge in [-0.2, -0.15) is 0 Å². The van der Waals surface area contributed by atoms with Gasteiger partial charge < -0.3 is 14.7 Å². The van der Waals surface area contributed by atoms with Gasteiger partial charge in [0.05, 0.1) is 23.6 Å². The molecule has 1 atom stereocenters. The van der Waals surface area contributed by atoms with E-state index in [1.54, 1.807) is 12.5 Å². The summed E-state index contributed by atoms with van der Waals surface area (Å²) in [5.41, 5.74) is 9.29. The van der Waals surface area contributed by atoms with E-state index in [4.69, 9.17) is 10.2 Å². The molecule has 3 aromatic rings. The van der Waals surface area contributed by atoms with Gasteiger partial charge in [0.1, 0.15) is 5.82 Å². The quantitative estimate of drug-likeness (QED) is 0.766. The summed E-state index contributed by atoms with van der Waals surface area (Å²) in [6.45, 7) is 0. The number of para-hydroxylation sites is 2. The summed E-state index contributed by atoms with van der Waals surface area (Å²) >= 11 is 0. The van der Waals surface area contributed by atoms with Gasteiger partial charge in [-0.1, -0.05) is 12.1 Å². The number of hydrogen-bond donors (Lipinski definition) is 1. The highest BCUT2D eigenvalue weighted by Crippen LogP contribution is 2.19. The molecule has 2 N–H and O–H groups in total. The fourth-order valence-corrected chi connectivity index (χ4v) is 2.18. The lowest BCUT2D eigenvalue weighted by molar-refractivity contribution is 0.556. The minimum atomic E-state index is -0.0840. The molecule has 4 nitrogen and oxygen atoms in total. The zero-order valence-corrected chi connectivity index (χ0v) is 10.2. The van der Waals surface area contributed by atoms with Crippen LogP contribution < -0.4 is 5.73 Å². The molecule has 1 unspecified atom stereocenters. The zero-order valence-electron chi connectivity index (χ0n) is 10.2. The van der Waals surface area contributed by atoms with E-state index in [0.717, 1.165) is 22.4 Å². The van der Waals surface area contributed by atoms with Gasteiger partial charge in [0.25, 0.3) is 0 Å². The van der Waals surface area contributed by atoms with E-state index in [1.807, 2.05) is 31.3 Å². The monoisotopic (exact) mass is 241 g/mol. The Hall–Kier alpha value is -2.07. The third-order valence-corrected chi connectivity index (χ3v) is 3.25. The fourth-order valence-electron chi connectivity index (χ4n) is 2.18. The number of aryl methyl sites for hydroxylation is 1. The van der Waals surface area contributed by atoms with Crippen molar-refractivity contribution < 1.29 is 4.42 Å². The maximum Gasteiger partial charge on any atom is 0.111 e. The zero-order chi connectivity index (χ0) is 12.5. The predicted octanol–water partition coefficient (Wildman–Crippen LogP) is 2.41. The molecule has 2 heterocycles. The maximum atomic E-state index is 6.15. The minimum absolute atomic E-state index is 0.0840. The molecule has 0 aliphatic rings. The molecule has 2 aromatic heterocycles. The number of benzene rings is 1. The van der Waals surface area contributed by atoms with Crippen LogP contribution in [-0.4, -0.2) is 9.55 Å². The van der Waals surface area contributed by atoms with Crippen molar-refractivity contribution in [3.05, 3.63) is 54.2 Å². The molecule has 0 fully saturated rings. The molecule has 4 heteroatoms. The molecule has 0 radical (unpaired) electrons. The van der Waals surface area contributed by atoms with E-state index in [9.17, 15) is 0 Å². The number of rotatable bonds is 3. The average molecular weight is 241 g/mol. The Balaban J connectivity index is 1.93. The van der Waals surface area contributed by atoms with Crippen molar-refractivity contribution in [3.8, 4) is 0 Å². The first-order valence-electron chi connectivity index (χ1n) is 5.93. The first-order valence-corrected chi connectivity index (χ1v) is 5.93. The van der Waals surface area contributed by atoms with E-state index in [1.165, 1.54) is 0 Å². The van der Waals surface area contributed by atoms with Gasteiger partial charge >= 0.3 is 0 Å². The van der Waals surface area contributed by atoms with Crippen LogP contribution in [0.1, 0.15) is 17.4 Å². The molecule has 1 aromatic carbocycles. The summed E-state index contributed by atoms with van der Waals surface area (Å²) in [4.78, 5) is 4.61. The number of imidazole rings is 1. The molecular formula is C14H15N3O. The molecule has 0 bridgehead atoms. The number of aromatic nitrogens is 2. The van der Waals surface area contributed by atoms with E-state index < -0.39 is 0 Å². The standard InChI is InChI=1S/C14H15N3O/c1-17-13-5-3-2-4-12(13)16-14(17)8-11(15)10-6-7-18-9-10/h2-7,9,11H,8,15H2,1H3. The summed E-state index contributed by atoms with van der Waals surface area (Å²) in [7, 11) is 2.02. The lowest BCUT2D eigenvalue weighted by Gasteiger charge is -2.09. The van der Waals surface area contributed by atoms with E-state index in [0.29, 0.717) is 6.42 Å². The van der Waals surface area contributed by atoms with Gasteiger partial charge in [0.15, 0.2) is 0 Å². The van der Waals surface area contributed by atoms with Gasteiger partial charge in [-0.25, -0.2) is 4.98 Å². The van der Waals surface area contributed by atoms with Crippen LogP contribution in [0.4, 0.5) is 0 Å². The Morgan fingerprint density at radius 1 is 1.33 bits per heavy atom. The third kappa shape index (κ3) is 1.80. The SMILES string of the molecule is Cn1c(CC(N)c2ccoc2)nc2ccccc21. The van der Waals surface area contributed by atoms with Crippen LogP contribution in [0.2, 0.25) is 0 Å².